The fourth-order valence-corrected chi connectivity index (χ4v) is 3.76. The molecule has 0 bridgehead atoms. The van der Waals surface area contributed by atoms with Gasteiger partial charge in [-0.3, -0.25) is 0 Å². The normalized spacial score (nSPS) is 16.4. The molecule has 0 saturated carbocycles. The number of hydrogen-bond donors (Lipinski definition) is 0. The molecule has 106 valence electrons. The van der Waals surface area contributed by atoms with Crippen molar-refractivity contribution in [3.8, 4) is 0 Å². The number of benzene rings is 1. The standard InChI is InChI=1S/C18H27Cl/c1-3-7-15(8-4-2)18(19)17-12-11-14-9-5-6-10-16(14)13-17/h11-13,15,18H,3-10H2,1-2H3. The van der Waals surface area contributed by atoms with Crippen molar-refractivity contribution in [1.29, 1.82) is 0 Å². The summed E-state index contributed by atoms with van der Waals surface area (Å²) in [6.45, 7) is 4.53. The smallest absolute Gasteiger partial charge is 0.0613 e. The second-order valence-corrected chi connectivity index (χ2v) is 6.44. The molecule has 1 aromatic carbocycles. The molecule has 2 rings (SSSR count). The number of rotatable bonds is 6. The zero-order valence-electron chi connectivity index (χ0n) is 12.4. The molecule has 0 radical (unpaired) electrons. The predicted molar refractivity (Wildman–Crippen MR) is 85.0 cm³/mol. The highest BCUT2D eigenvalue weighted by Crippen LogP contribution is 2.36. The summed E-state index contributed by atoms with van der Waals surface area (Å²) in [6, 6.07) is 7.00. The van der Waals surface area contributed by atoms with Crippen molar-refractivity contribution in [3.63, 3.8) is 0 Å². The molecule has 0 spiro atoms. The minimum Gasteiger partial charge on any atom is -0.118 e. The zero-order chi connectivity index (χ0) is 13.7. The van der Waals surface area contributed by atoms with E-state index in [2.05, 4.69) is 32.0 Å². The summed E-state index contributed by atoms with van der Waals surface area (Å²) < 4.78 is 0. The molecular formula is C18H27Cl. The zero-order valence-corrected chi connectivity index (χ0v) is 13.2. The first-order valence-corrected chi connectivity index (χ1v) is 8.45. The molecule has 0 amide bonds. The molecule has 0 saturated heterocycles. The largest absolute Gasteiger partial charge is 0.118 e. The lowest BCUT2D eigenvalue weighted by molar-refractivity contribution is 0.426. The minimum atomic E-state index is 0.201. The van der Waals surface area contributed by atoms with E-state index in [0.717, 1.165) is 0 Å². The van der Waals surface area contributed by atoms with E-state index >= 15 is 0 Å². The van der Waals surface area contributed by atoms with Crippen LogP contribution in [0.5, 0.6) is 0 Å². The van der Waals surface area contributed by atoms with Gasteiger partial charge in [0, 0.05) is 0 Å². The Kier molecular flexibility index (Phi) is 5.76. The van der Waals surface area contributed by atoms with Crippen LogP contribution in [0.2, 0.25) is 0 Å². The average molecular weight is 279 g/mol. The number of fused-ring (bicyclic) bond motifs is 1. The Hall–Kier alpha value is -0.490. The van der Waals surface area contributed by atoms with Crippen LogP contribution in [0.15, 0.2) is 18.2 Å². The van der Waals surface area contributed by atoms with Crippen LogP contribution >= 0.6 is 11.6 Å². The molecule has 0 aromatic heterocycles. The Balaban J connectivity index is 2.15. The van der Waals surface area contributed by atoms with Gasteiger partial charge in [0.15, 0.2) is 0 Å². The lowest BCUT2D eigenvalue weighted by Crippen LogP contribution is -2.10. The van der Waals surface area contributed by atoms with Crippen LogP contribution in [0.3, 0.4) is 0 Å². The van der Waals surface area contributed by atoms with Crippen molar-refractivity contribution in [2.75, 3.05) is 0 Å². The first kappa shape index (κ1) is 14.9. The predicted octanol–water partition coefficient (Wildman–Crippen LogP) is 6.06. The first-order valence-electron chi connectivity index (χ1n) is 8.02. The highest BCUT2D eigenvalue weighted by molar-refractivity contribution is 6.21. The monoisotopic (exact) mass is 278 g/mol. The SMILES string of the molecule is CCCC(CCC)C(Cl)c1ccc2c(c1)CCCC2. The topological polar surface area (TPSA) is 0 Å². The molecule has 19 heavy (non-hydrogen) atoms. The van der Waals surface area contributed by atoms with Gasteiger partial charge in [0.05, 0.1) is 5.38 Å². The second kappa shape index (κ2) is 7.33. The Bertz CT molecular complexity index is 391. The third-order valence-electron chi connectivity index (χ3n) is 4.42. The highest BCUT2D eigenvalue weighted by atomic mass is 35.5. The Morgan fingerprint density at radius 2 is 1.63 bits per heavy atom. The molecule has 1 atom stereocenters. The van der Waals surface area contributed by atoms with Gasteiger partial charge in [-0.2, -0.15) is 0 Å². The highest BCUT2D eigenvalue weighted by Gasteiger charge is 2.21. The van der Waals surface area contributed by atoms with Crippen LogP contribution in [0, 0.1) is 5.92 Å². The van der Waals surface area contributed by atoms with E-state index in [1.54, 1.807) is 11.1 Å². The van der Waals surface area contributed by atoms with Gasteiger partial charge in [0.25, 0.3) is 0 Å². The van der Waals surface area contributed by atoms with Gasteiger partial charge in [-0.05, 0) is 61.1 Å². The summed E-state index contributed by atoms with van der Waals surface area (Å²) >= 11 is 6.77. The van der Waals surface area contributed by atoms with Crippen molar-refractivity contribution >= 4 is 11.6 Å². The van der Waals surface area contributed by atoms with E-state index in [1.165, 1.54) is 56.9 Å². The maximum Gasteiger partial charge on any atom is 0.0613 e. The molecule has 1 aliphatic carbocycles. The van der Waals surface area contributed by atoms with Crippen molar-refractivity contribution in [2.24, 2.45) is 5.92 Å². The number of alkyl halides is 1. The van der Waals surface area contributed by atoms with Gasteiger partial charge in [-0.1, -0.05) is 44.9 Å². The third-order valence-corrected chi connectivity index (χ3v) is 5.03. The summed E-state index contributed by atoms with van der Waals surface area (Å²) in [5, 5.41) is 0.201. The second-order valence-electron chi connectivity index (χ2n) is 5.97. The molecule has 1 unspecified atom stereocenters. The summed E-state index contributed by atoms with van der Waals surface area (Å²) in [6.07, 6.45) is 10.2. The quantitative estimate of drug-likeness (QED) is 0.555. The first-order chi connectivity index (χ1) is 9.26. The van der Waals surface area contributed by atoms with E-state index in [1.807, 2.05) is 0 Å². The summed E-state index contributed by atoms with van der Waals surface area (Å²) in [4.78, 5) is 0. The molecule has 0 fully saturated rings. The average Bonchev–Trinajstić information content (AvgIpc) is 2.46. The van der Waals surface area contributed by atoms with Gasteiger partial charge in [0.1, 0.15) is 0 Å². The van der Waals surface area contributed by atoms with Gasteiger partial charge >= 0.3 is 0 Å². The van der Waals surface area contributed by atoms with E-state index in [4.69, 9.17) is 11.6 Å². The molecule has 0 nitrogen and oxygen atoms in total. The van der Waals surface area contributed by atoms with E-state index in [-0.39, 0.29) is 5.38 Å². The number of halogens is 1. The van der Waals surface area contributed by atoms with Gasteiger partial charge in [-0.25, -0.2) is 0 Å². The molecular weight excluding hydrogens is 252 g/mol. The Morgan fingerprint density at radius 1 is 1.00 bits per heavy atom. The summed E-state index contributed by atoms with van der Waals surface area (Å²) in [5.41, 5.74) is 4.47. The Labute approximate surface area is 123 Å². The van der Waals surface area contributed by atoms with E-state index in [9.17, 15) is 0 Å². The minimum absolute atomic E-state index is 0.201. The molecule has 0 heterocycles. The number of aryl methyl sites for hydroxylation is 2. The molecule has 0 aliphatic heterocycles. The lowest BCUT2D eigenvalue weighted by atomic mass is 9.86. The van der Waals surface area contributed by atoms with Crippen molar-refractivity contribution in [3.05, 3.63) is 34.9 Å². The van der Waals surface area contributed by atoms with Crippen molar-refractivity contribution < 1.29 is 0 Å². The van der Waals surface area contributed by atoms with Gasteiger partial charge < -0.3 is 0 Å². The molecule has 1 aliphatic rings. The molecule has 1 heteroatoms. The van der Waals surface area contributed by atoms with Crippen LogP contribution < -0.4 is 0 Å². The van der Waals surface area contributed by atoms with Crippen molar-refractivity contribution in [1.82, 2.24) is 0 Å². The lowest BCUT2D eigenvalue weighted by Gasteiger charge is -2.24. The van der Waals surface area contributed by atoms with Crippen LogP contribution in [-0.4, -0.2) is 0 Å². The fraction of sp³-hybridized carbons (Fsp3) is 0.667. The van der Waals surface area contributed by atoms with Crippen LogP contribution in [0.4, 0.5) is 0 Å². The maximum absolute atomic E-state index is 6.77. The van der Waals surface area contributed by atoms with Crippen LogP contribution in [0.25, 0.3) is 0 Å². The van der Waals surface area contributed by atoms with E-state index < -0.39 is 0 Å². The summed E-state index contributed by atoms with van der Waals surface area (Å²) in [5.74, 6) is 0.637. The van der Waals surface area contributed by atoms with Gasteiger partial charge in [0.2, 0.25) is 0 Å². The van der Waals surface area contributed by atoms with Crippen LogP contribution in [-0.2, 0) is 12.8 Å². The Morgan fingerprint density at radius 3 is 2.26 bits per heavy atom. The summed E-state index contributed by atoms with van der Waals surface area (Å²) in [7, 11) is 0. The van der Waals surface area contributed by atoms with Crippen LogP contribution in [0.1, 0.15) is 74.4 Å². The fourth-order valence-electron chi connectivity index (χ4n) is 3.38. The maximum atomic E-state index is 6.77. The third kappa shape index (κ3) is 3.75. The number of hydrogen-bond acceptors (Lipinski definition) is 0. The van der Waals surface area contributed by atoms with Crippen molar-refractivity contribution in [2.45, 2.75) is 70.6 Å². The van der Waals surface area contributed by atoms with E-state index in [0.29, 0.717) is 5.92 Å². The molecule has 0 N–H and O–H groups in total. The molecule has 1 aromatic rings. The van der Waals surface area contributed by atoms with Gasteiger partial charge in [-0.15, -0.1) is 11.6 Å².